The minimum Gasteiger partial charge on any atom is -0.308 e. The van der Waals surface area contributed by atoms with E-state index in [1.54, 1.807) is 0 Å². The van der Waals surface area contributed by atoms with Crippen LogP contribution in [0.1, 0.15) is 0 Å². The molecule has 0 radical (unpaired) electrons. The molecule has 0 saturated heterocycles. The van der Waals surface area contributed by atoms with Gasteiger partial charge in [0.2, 0.25) is 0 Å². The number of rotatable bonds is 4. The lowest BCUT2D eigenvalue weighted by Gasteiger charge is -2.19. The third kappa shape index (κ3) is 5.09. The summed E-state index contributed by atoms with van der Waals surface area (Å²) in [5.74, 6) is 0. The van der Waals surface area contributed by atoms with Gasteiger partial charge in [-0.25, -0.2) is 0 Å². The highest BCUT2D eigenvalue weighted by Crippen LogP contribution is 2.50. The third-order valence-corrected chi connectivity index (χ3v) is 14.9. The second-order valence-electron chi connectivity index (χ2n) is 18.2. The highest BCUT2D eigenvalue weighted by molar-refractivity contribution is 6.41. The van der Waals surface area contributed by atoms with Crippen LogP contribution in [-0.2, 0) is 0 Å². The quantitative estimate of drug-likeness (QED) is 0.123. The molecule has 1 nitrogen and oxygen atoms in total. The van der Waals surface area contributed by atoms with Crippen molar-refractivity contribution in [2.75, 3.05) is 0 Å². The van der Waals surface area contributed by atoms with Gasteiger partial charge in [0.15, 0.2) is 0 Å². The summed E-state index contributed by atoms with van der Waals surface area (Å²) in [5, 5.41) is 23.0. The minimum absolute atomic E-state index is 1.16. The van der Waals surface area contributed by atoms with Crippen LogP contribution in [-0.4, -0.2) is 4.57 Å². The molecule has 0 aliphatic heterocycles. The Kier molecular flexibility index (Phi) is 7.56. The van der Waals surface area contributed by atoms with E-state index in [-0.39, 0.29) is 0 Å². The molecule has 67 heavy (non-hydrogen) atoms. The Bertz CT molecular complexity index is 4460. The maximum Gasteiger partial charge on any atom is 0.0626 e. The molecule has 15 aromatic rings. The molecule has 14 aromatic carbocycles. The molecule has 0 aliphatic rings. The van der Waals surface area contributed by atoms with Gasteiger partial charge in [-0.15, -0.1) is 0 Å². The van der Waals surface area contributed by atoms with E-state index >= 15 is 0 Å². The summed E-state index contributed by atoms with van der Waals surface area (Å²) >= 11 is 0. The number of fused-ring (bicyclic) bond motifs is 14. The number of benzene rings is 14. The molecule has 1 heterocycles. The van der Waals surface area contributed by atoms with Crippen molar-refractivity contribution in [2.45, 2.75) is 0 Å². The van der Waals surface area contributed by atoms with Gasteiger partial charge in [-0.1, -0.05) is 218 Å². The lowest BCUT2D eigenvalue weighted by atomic mass is 9.84. The van der Waals surface area contributed by atoms with E-state index in [1.165, 1.54) is 141 Å². The zero-order chi connectivity index (χ0) is 43.7. The van der Waals surface area contributed by atoms with Crippen molar-refractivity contribution in [3.8, 4) is 39.1 Å². The molecule has 0 bridgehead atoms. The zero-order valence-electron chi connectivity index (χ0n) is 36.5. The van der Waals surface area contributed by atoms with Crippen LogP contribution in [0.2, 0.25) is 0 Å². The fourth-order valence-electron chi connectivity index (χ4n) is 12.1. The monoisotopic (exact) mass is 845 g/mol. The number of hydrogen-bond acceptors (Lipinski definition) is 0. The molecule has 15 rings (SSSR count). The van der Waals surface area contributed by atoms with Crippen molar-refractivity contribution in [3.63, 3.8) is 0 Å². The van der Waals surface area contributed by atoms with Gasteiger partial charge in [-0.05, 0) is 127 Å². The normalized spacial score (nSPS) is 12.2. The second-order valence-corrected chi connectivity index (χ2v) is 18.2. The van der Waals surface area contributed by atoms with Gasteiger partial charge in [-0.2, -0.15) is 0 Å². The lowest BCUT2D eigenvalue weighted by molar-refractivity contribution is 1.19. The fraction of sp³-hybridized carbons (Fsp3) is 0. The highest BCUT2D eigenvalue weighted by Gasteiger charge is 2.25. The molecule has 0 fully saturated rings. The van der Waals surface area contributed by atoms with Crippen molar-refractivity contribution >= 4 is 108 Å². The van der Waals surface area contributed by atoms with Gasteiger partial charge in [0.1, 0.15) is 0 Å². The Balaban J connectivity index is 1.06. The Labute approximate surface area is 386 Å². The topological polar surface area (TPSA) is 4.93 Å². The number of para-hydroxylation sites is 1. The number of hydrogen-bond donors (Lipinski definition) is 0. The summed E-state index contributed by atoms with van der Waals surface area (Å²) in [6, 6.07) is 88.3. The third-order valence-electron chi connectivity index (χ3n) is 14.9. The van der Waals surface area contributed by atoms with Crippen LogP contribution in [0.3, 0.4) is 0 Å². The molecule has 0 saturated carbocycles. The van der Waals surface area contributed by atoms with Crippen molar-refractivity contribution in [2.24, 2.45) is 0 Å². The number of aromatic nitrogens is 1. The SMILES string of the molecule is c1ccc(-c2ccc(-c3c4ccccc4c(-c4ccc5c(c4)c4ccccc4c4ccc6c7c8cccc9ccc%10cccc(c%10c98)c7n(-c7ccccc7)c6c45)c4ccccc34)cc2)cc1. The summed E-state index contributed by atoms with van der Waals surface area (Å²) in [7, 11) is 0. The summed E-state index contributed by atoms with van der Waals surface area (Å²) < 4.78 is 2.59. The lowest BCUT2D eigenvalue weighted by Crippen LogP contribution is -1.96. The summed E-state index contributed by atoms with van der Waals surface area (Å²) in [4.78, 5) is 0. The maximum atomic E-state index is 2.59. The van der Waals surface area contributed by atoms with Gasteiger partial charge in [-0.3, -0.25) is 0 Å². The highest BCUT2D eigenvalue weighted by atomic mass is 15.0. The van der Waals surface area contributed by atoms with Crippen LogP contribution in [0.15, 0.2) is 237 Å². The Morgan fingerprint density at radius 3 is 1.25 bits per heavy atom. The summed E-state index contributed by atoms with van der Waals surface area (Å²) in [6.07, 6.45) is 0. The first kappa shape index (κ1) is 36.5. The van der Waals surface area contributed by atoms with E-state index in [2.05, 4.69) is 241 Å². The molecule has 0 atom stereocenters. The first-order chi connectivity index (χ1) is 33.3. The van der Waals surface area contributed by atoms with Gasteiger partial charge >= 0.3 is 0 Å². The molecule has 0 N–H and O–H groups in total. The van der Waals surface area contributed by atoms with E-state index in [1.807, 2.05) is 0 Å². The molecule has 1 heteroatoms. The van der Waals surface area contributed by atoms with Crippen LogP contribution < -0.4 is 0 Å². The van der Waals surface area contributed by atoms with Crippen LogP contribution in [0, 0.1) is 0 Å². The van der Waals surface area contributed by atoms with Crippen LogP contribution in [0.25, 0.3) is 147 Å². The van der Waals surface area contributed by atoms with E-state index in [9.17, 15) is 0 Å². The van der Waals surface area contributed by atoms with Gasteiger partial charge < -0.3 is 4.57 Å². The Morgan fingerprint density at radius 2 is 0.612 bits per heavy atom. The molecular weight excluding hydrogens is 807 g/mol. The molecule has 308 valence electrons. The first-order valence-corrected chi connectivity index (χ1v) is 23.3. The predicted octanol–water partition coefficient (Wildman–Crippen LogP) is 18.4. The van der Waals surface area contributed by atoms with Crippen molar-refractivity contribution in [1.29, 1.82) is 0 Å². The van der Waals surface area contributed by atoms with Gasteiger partial charge in [0, 0.05) is 27.2 Å². The smallest absolute Gasteiger partial charge is 0.0626 e. The first-order valence-electron chi connectivity index (χ1n) is 23.3. The minimum atomic E-state index is 1.16. The van der Waals surface area contributed by atoms with Crippen LogP contribution >= 0.6 is 0 Å². The van der Waals surface area contributed by atoms with Crippen molar-refractivity contribution < 1.29 is 0 Å². The summed E-state index contributed by atoms with van der Waals surface area (Å²) in [5.41, 5.74) is 11.1. The molecule has 1 aromatic heterocycles. The Morgan fingerprint density at radius 1 is 0.209 bits per heavy atom. The molecule has 0 unspecified atom stereocenters. The predicted molar refractivity (Wildman–Crippen MR) is 288 cm³/mol. The molecule has 0 spiro atoms. The van der Waals surface area contributed by atoms with Crippen molar-refractivity contribution in [1.82, 2.24) is 4.57 Å². The molecular formula is C66H39N. The number of nitrogens with zero attached hydrogens (tertiary/aromatic N) is 1. The van der Waals surface area contributed by atoms with E-state index < -0.39 is 0 Å². The molecule has 0 aliphatic carbocycles. The van der Waals surface area contributed by atoms with Crippen LogP contribution in [0.5, 0.6) is 0 Å². The second kappa shape index (κ2) is 13.9. The van der Waals surface area contributed by atoms with E-state index in [0.717, 1.165) is 5.69 Å². The standard InChI is InChI=1S/C66H39N/c1-3-15-40(16-4-1)41-29-31-44(32-30-41)59-49-23-9-11-25-51(49)60(52-26-12-10-24-50(52)59)45-35-36-54-58(39-45)48-22-8-7-21-47(48)53-37-38-57-64-55-27-13-17-42-33-34-43-18-14-28-56(62(43)61(42)55)65(64)67(66(57)63(53)54)46-19-5-2-6-20-46/h1-39H. The van der Waals surface area contributed by atoms with Crippen LogP contribution in [0.4, 0.5) is 0 Å². The fourth-order valence-corrected chi connectivity index (χ4v) is 12.1. The van der Waals surface area contributed by atoms with E-state index in [0.29, 0.717) is 0 Å². The maximum absolute atomic E-state index is 2.59. The van der Waals surface area contributed by atoms with E-state index in [4.69, 9.17) is 0 Å². The van der Waals surface area contributed by atoms with Crippen molar-refractivity contribution in [3.05, 3.63) is 237 Å². The molecule has 0 amide bonds. The summed E-state index contributed by atoms with van der Waals surface area (Å²) in [6.45, 7) is 0. The Hall–Kier alpha value is -8.78. The average molecular weight is 846 g/mol. The zero-order valence-corrected chi connectivity index (χ0v) is 36.5. The average Bonchev–Trinajstić information content (AvgIpc) is 3.76. The van der Waals surface area contributed by atoms with Gasteiger partial charge in [0.25, 0.3) is 0 Å². The largest absolute Gasteiger partial charge is 0.308 e. The van der Waals surface area contributed by atoms with Gasteiger partial charge in [0.05, 0.1) is 11.0 Å².